The van der Waals surface area contributed by atoms with Crippen LogP contribution in [0.1, 0.15) is 9.67 Å². The molecule has 2 rings (SSSR count). The van der Waals surface area contributed by atoms with Crippen LogP contribution in [0, 0.1) is 0 Å². The summed E-state index contributed by atoms with van der Waals surface area (Å²) in [5.74, 6) is -1.15. The van der Waals surface area contributed by atoms with Gasteiger partial charge in [-0.25, -0.2) is 13.2 Å². The number of benzene rings is 1. The van der Waals surface area contributed by atoms with E-state index in [1.807, 2.05) is 0 Å². The van der Waals surface area contributed by atoms with E-state index in [0.29, 0.717) is 10.7 Å². The van der Waals surface area contributed by atoms with Crippen LogP contribution in [0.3, 0.4) is 0 Å². The molecular formula is C11H8ClNO4S2. The fourth-order valence-corrected chi connectivity index (χ4v) is 3.60. The van der Waals surface area contributed by atoms with Crippen molar-refractivity contribution in [3.63, 3.8) is 0 Å². The zero-order chi connectivity index (χ0) is 14.0. The molecule has 0 unspecified atom stereocenters. The van der Waals surface area contributed by atoms with Gasteiger partial charge in [-0.2, -0.15) is 0 Å². The van der Waals surface area contributed by atoms with Crippen LogP contribution in [0.4, 0.5) is 5.69 Å². The highest BCUT2D eigenvalue weighted by Crippen LogP contribution is 2.22. The molecule has 0 aliphatic carbocycles. The minimum Gasteiger partial charge on any atom is -0.477 e. The average Bonchev–Trinajstić information content (AvgIpc) is 2.82. The van der Waals surface area contributed by atoms with Gasteiger partial charge < -0.3 is 5.11 Å². The van der Waals surface area contributed by atoms with Gasteiger partial charge in [-0.1, -0.05) is 11.6 Å². The van der Waals surface area contributed by atoms with Crippen LogP contribution in [-0.2, 0) is 10.0 Å². The van der Waals surface area contributed by atoms with E-state index in [2.05, 4.69) is 4.72 Å². The topological polar surface area (TPSA) is 83.5 Å². The average molecular weight is 318 g/mol. The lowest BCUT2D eigenvalue weighted by Crippen LogP contribution is -2.12. The quantitative estimate of drug-likeness (QED) is 0.908. The van der Waals surface area contributed by atoms with Crippen molar-refractivity contribution in [2.75, 3.05) is 4.72 Å². The third-order valence-electron chi connectivity index (χ3n) is 2.19. The number of anilines is 1. The summed E-state index contributed by atoms with van der Waals surface area (Å²) in [7, 11) is -3.78. The number of halogens is 1. The second-order valence-corrected chi connectivity index (χ2v) is 6.59. The molecule has 2 aromatic rings. The lowest BCUT2D eigenvalue weighted by Gasteiger charge is -2.06. The first-order valence-corrected chi connectivity index (χ1v) is 7.73. The fourth-order valence-electron chi connectivity index (χ4n) is 1.30. The number of carboxylic acids is 1. The van der Waals surface area contributed by atoms with Crippen molar-refractivity contribution < 1.29 is 18.3 Å². The number of sulfonamides is 1. The lowest BCUT2D eigenvalue weighted by molar-refractivity contribution is 0.0702. The summed E-state index contributed by atoms with van der Waals surface area (Å²) in [6, 6.07) is 7.26. The molecule has 0 aliphatic rings. The Kier molecular flexibility index (Phi) is 3.79. The van der Waals surface area contributed by atoms with E-state index in [4.69, 9.17) is 16.7 Å². The Balaban J connectivity index is 2.26. The minimum atomic E-state index is -3.78. The van der Waals surface area contributed by atoms with E-state index in [1.165, 1.54) is 17.5 Å². The van der Waals surface area contributed by atoms with Crippen LogP contribution in [0.25, 0.3) is 0 Å². The summed E-state index contributed by atoms with van der Waals surface area (Å²) in [5.41, 5.74) is 0.354. The number of carboxylic acid groups (broad SMARTS) is 1. The highest BCUT2D eigenvalue weighted by atomic mass is 35.5. The predicted molar refractivity (Wildman–Crippen MR) is 73.5 cm³/mol. The van der Waals surface area contributed by atoms with Crippen molar-refractivity contribution >= 4 is 44.6 Å². The number of hydrogen-bond acceptors (Lipinski definition) is 4. The minimum absolute atomic E-state index is 0.0310. The highest BCUT2D eigenvalue weighted by molar-refractivity contribution is 7.92. The lowest BCUT2D eigenvalue weighted by atomic mass is 10.3. The van der Waals surface area contributed by atoms with Crippen LogP contribution in [0.5, 0.6) is 0 Å². The molecule has 5 nitrogen and oxygen atoms in total. The second-order valence-electron chi connectivity index (χ2n) is 3.56. The number of aromatic carboxylic acids is 1. The van der Waals surface area contributed by atoms with E-state index >= 15 is 0 Å². The summed E-state index contributed by atoms with van der Waals surface area (Å²) in [4.78, 5) is 10.6. The van der Waals surface area contributed by atoms with Crippen LogP contribution >= 0.6 is 22.9 Å². The third kappa shape index (κ3) is 3.25. The van der Waals surface area contributed by atoms with Gasteiger partial charge in [0.1, 0.15) is 4.88 Å². The maximum Gasteiger partial charge on any atom is 0.345 e. The van der Waals surface area contributed by atoms with Crippen molar-refractivity contribution in [3.05, 3.63) is 45.6 Å². The Bertz CT molecular complexity index is 707. The largest absolute Gasteiger partial charge is 0.477 e. The Labute approximate surface area is 118 Å². The highest BCUT2D eigenvalue weighted by Gasteiger charge is 2.18. The summed E-state index contributed by atoms with van der Waals surface area (Å²) >= 11 is 6.55. The fraction of sp³-hybridized carbons (Fsp3) is 0. The molecular weight excluding hydrogens is 310 g/mol. The molecule has 100 valence electrons. The molecule has 0 amide bonds. The van der Waals surface area contributed by atoms with Crippen LogP contribution in [-0.4, -0.2) is 19.5 Å². The number of nitrogens with one attached hydrogen (secondary N) is 1. The molecule has 0 bridgehead atoms. The molecule has 0 saturated heterocycles. The smallest absolute Gasteiger partial charge is 0.345 e. The van der Waals surface area contributed by atoms with Gasteiger partial charge in [0.2, 0.25) is 0 Å². The van der Waals surface area contributed by atoms with E-state index in [-0.39, 0.29) is 9.77 Å². The van der Waals surface area contributed by atoms with Gasteiger partial charge in [0, 0.05) is 16.1 Å². The van der Waals surface area contributed by atoms with E-state index in [9.17, 15) is 13.2 Å². The standard InChI is InChI=1S/C11H8ClNO4S2/c12-7-1-3-8(4-2-7)13-19(16,17)9-5-10(11(14)15)18-6-9/h1-6,13H,(H,14,15). The van der Waals surface area contributed by atoms with Gasteiger partial charge in [-0.3, -0.25) is 4.72 Å². The van der Waals surface area contributed by atoms with E-state index in [0.717, 1.165) is 17.4 Å². The number of hydrogen-bond donors (Lipinski definition) is 2. The molecule has 1 aromatic heterocycles. The molecule has 0 saturated carbocycles. The summed E-state index contributed by atoms with van der Waals surface area (Å²) < 4.78 is 26.3. The van der Waals surface area contributed by atoms with Gasteiger partial charge in [0.15, 0.2) is 0 Å². The molecule has 0 radical (unpaired) electrons. The Hall–Kier alpha value is -1.57. The molecule has 19 heavy (non-hydrogen) atoms. The van der Waals surface area contributed by atoms with Gasteiger partial charge in [0.25, 0.3) is 10.0 Å². The second kappa shape index (κ2) is 5.20. The van der Waals surface area contributed by atoms with Gasteiger partial charge in [-0.15, -0.1) is 11.3 Å². The summed E-state index contributed by atoms with van der Waals surface area (Å²) in [6.45, 7) is 0. The number of rotatable bonds is 4. The van der Waals surface area contributed by atoms with Crippen molar-refractivity contribution in [1.29, 1.82) is 0 Å². The Morgan fingerprint density at radius 2 is 1.89 bits per heavy atom. The van der Waals surface area contributed by atoms with E-state index in [1.54, 1.807) is 12.1 Å². The first-order chi connectivity index (χ1) is 8.88. The molecule has 0 aliphatic heterocycles. The van der Waals surface area contributed by atoms with Crippen molar-refractivity contribution in [1.82, 2.24) is 0 Å². The van der Waals surface area contributed by atoms with Crippen LogP contribution in [0.15, 0.2) is 40.6 Å². The first-order valence-electron chi connectivity index (χ1n) is 4.99. The van der Waals surface area contributed by atoms with Crippen molar-refractivity contribution in [3.8, 4) is 0 Å². The maximum atomic E-state index is 12.0. The molecule has 2 N–H and O–H groups in total. The molecule has 1 aromatic carbocycles. The molecule has 8 heteroatoms. The van der Waals surface area contributed by atoms with Crippen molar-refractivity contribution in [2.24, 2.45) is 0 Å². The normalized spacial score (nSPS) is 11.2. The third-order valence-corrected chi connectivity index (χ3v) is 4.87. The summed E-state index contributed by atoms with van der Waals surface area (Å²) in [5, 5.41) is 10.5. The molecule has 1 heterocycles. The molecule has 0 fully saturated rings. The van der Waals surface area contributed by atoms with Crippen molar-refractivity contribution in [2.45, 2.75) is 4.90 Å². The number of thiophene rings is 1. The maximum absolute atomic E-state index is 12.0. The zero-order valence-electron chi connectivity index (χ0n) is 9.33. The van der Waals surface area contributed by atoms with Gasteiger partial charge in [0.05, 0.1) is 4.90 Å². The van der Waals surface area contributed by atoms with Gasteiger partial charge >= 0.3 is 5.97 Å². The monoisotopic (exact) mass is 317 g/mol. The van der Waals surface area contributed by atoms with Gasteiger partial charge in [-0.05, 0) is 30.3 Å². The van der Waals surface area contributed by atoms with Crippen LogP contribution < -0.4 is 4.72 Å². The Morgan fingerprint density at radius 1 is 1.26 bits per heavy atom. The molecule has 0 spiro atoms. The first kappa shape index (κ1) is 13.9. The predicted octanol–water partition coefficient (Wildman–Crippen LogP) is 2.90. The number of carbonyl (C=O) groups is 1. The summed E-state index contributed by atoms with van der Waals surface area (Å²) in [6.07, 6.45) is 0. The Morgan fingerprint density at radius 3 is 2.42 bits per heavy atom. The SMILES string of the molecule is O=C(O)c1cc(S(=O)(=O)Nc2ccc(Cl)cc2)cs1. The molecule has 0 atom stereocenters. The van der Waals surface area contributed by atoms with Crippen LogP contribution in [0.2, 0.25) is 5.02 Å². The van der Waals surface area contributed by atoms with E-state index < -0.39 is 16.0 Å². The zero-order valence-corrected chi connectivity index (χ0v) is 11.7.